The predicted octanol–water partition coefficient (Wildman–Crippen LogP) is 0.144. The van der Waals surface area contributed by atoms with E-state index in [0.29, 0.717) is 10.9 Å². The molecule has 0 spiro atoms. The number of amides is 1. The Morgan fingerprint density at radius 2 is 2.38 bits per heavy atom. The molecule has 0 fully saturated rings. The van der Waals surface area contributed by atoms with E-state index in [-0.39, 0.29) is 5.91 Å². The highest BCUT2D eigenvalue weighted by Gasteiger charge is 2.10. The maximum absolute atomic E-state index is 11.3. The van der Waals surface area contributed by atoms with Gasteiger partial charge >= 0.3 is 0 Å². The van der Waals surface area contributed by atoms with Gasteiger partial charge in [0.25, 0.3) is 5.91 Å². The second-order valence-corrected chi connectivity index (χ2v) is 3.12. The Morgan fingerprint density at radius 1 is 1.69 bits per heavy atom. The fraction of sp³-hybridized carbons (Fsp3) is 0.286. The van der Waals surface area contributed by atoms with E-state index < -0.39 is 0 Å². The van der Waals surface area contributed by atoms with Crippen LogP contribution in [0.15, 0.2) is 17.4 Å². The summed E-state index contributed by atoms with van der Waals surface area (Å²) < 4.78 is 0. The minimum atomic E-state index is -0.322. The molecule has 1 aromatic heterocycles. The summed E-state index contributed by atoms with van der Waals surface area (Å²) in [5.41, 5.74) is 0.310. The Balaban J connectivity index is 2.95. The van der Waals surface area contributed by atoms with Crippen LogP contribution in [0.4, 0.5) is 0 Å². The fourth-order valence-corrected chi connectivity index (χ4v) is 1.09. The average molecular weight is 198 g/mol. The standard InChI is InChI=1S/C7H10N4OS/c1-11(8)6(12)5-3-4-9-7(10-5)13-2/h3-4H,8H2,1-2H3. The first-order valence-corrected chi connectivity index (χ1v) is 4.77. The van der Waals surface area contributed by atoms with Crippen LogP contribution in [0, 0.1) is 0 Å². The summed E-state index contributed by atoms with van der Waals surface area (Å²) in [6, 6.07) is 1.53. The summed E-state index contributed by atoms with van der Waals surface area (Å²) in [6.07, 6.45) is 3.38. The molecular weight excluding hydrogens is 188 g/mol. The third-order valence-corrected chi connectivity index (χ3v) is 1.92. The monoisotopic (exact) mass is 198 g/mol. The number of rotatable bonds is 2. The third kappa shape index (κ3) is 2.40. The second-order valence-electron chi connectivity index (χ2n) is 2.34. The van der Waals surface area contributed by atoms with Gasteiger partial charge in [0.05, 0.1) is 0 Å². The van der Waals surface area contributed by atoms with Crippen molar-refractivity contribution in [2.24, 2.45) is 5.84 Å². The van der Waals surface area contributed by atoms with Crippen molar-refractivity contribution >= 4 is 17.7 Å². The molecule has 1 heterocycles. The molecule has 0 saturated heterocycles. The number of nitrogens with two attached hydrogens (primary N) is 1. The number of thioether (sulfide) groups is 1. The maximum Gasteiger partial charge on any atom is 0.286 e. The van der Waals surface area contributed by atoms with Gasteiger partial charge in [0.2, 0.25) is 0 Å². The maximum atomic E-state index is 11.3. The van der Waals surface area contributed by atoms with E-state index in [4.69, 9.17) is 5.84 Å². The van der Waals surface area contributed by atoms with Crippen LogP contribution in [-0.2, 0) is 0 Å². The first-order valence-electron chi connectivity index (χ1n) is 3.55. The lowest BCUT2D eigenvalue weighted by Crippen LogP contribution is -2.33. The van der Waals surface area contributed by atoms with Crippen molar-refractivity contribution in [3.05, 3.63) is 18.0 Å². The van der Waals surface area contributed by atoms with Gasteiger partial charge in [0.15, 0.2) is 5.16 Å². The lowest BCUT2D eigenvalue weighted by atomic mass is 10.4. The van der Waals surface area contributed by atoms with Gasteiger partial charge in [-0.1, -0.05) is 11.8 Å². The van der Waals surface area contributed by atoms with Crippen LogP contribution in [0.3, 0.4) is 0 Å². The molecule has 0 saturated carbocycles. The molecule has 13 heavy (non-hydrogen) atoms. The highest BCUT2D eigenvalue weighted by molar-refractivity contribution is 7.98. The van der Waals surface area contributed by atoms with Crippen molar-refractivity contribution in [1.82, 2.24) is 15.0 Å². The first-order chi connectivity index (χ1) is 6.15. The molecule has 5 nitrogen and oxygen atoms in total. The fourth-order valence-electron chi connectivity index (χ4n) is 0.739. The van der Waals surface area contributed by atoms with E-state index in [1.807, 2.05) is 6.26 Å². The van der Waals surface area contributed by atoms with Crippen LogP contribution in [-0.4, -0.2) is 34.2 Å². The van der Waals surface area contributed by atoms with Crippen LogP contribution in [0.5, 0.6) is 0 Å². The van der Waals surface area contributed by atoms with Gasteiger partial charge in [-0.25, -0.2) is 15.8 Å². The van der Waals surface area contributed by atoms with Crippen LogP contribution < -0.4 is 5.84 Å². The van der Waals surface area contributed by atoms with Gasteiger partial charge in [-0.2, -0.15) is 0 Å². The van der Waals surface area contributed by atoms with Crippen molar-refractivity contribution in [3.63, 3.8) is 0 Å². The van der Waals surface area contributed by atoms with E-state index in [1.54, 1.807) is 0 Å². The Hall–Kier alpha value is -1.14. The van der Waals surface area contributed by atoms with Crippen molar-refractivity contribution in [3.8, 4) is 0 Å². The van der Waals surface area contributed by atoms with E-state index in [2.05, 4.69) is 9.97 Å². The van der Waals surface area contributed by atoms with Gasteiger partial charge in [-0.15, -0.1) is 0 Å². The van der Waals surface area contributed by atoms with E-state index >= 15 is 0 Å². The molecule has 70 valence electrons. The summed E-state index contributed by atoms with van der Waals surface area (Å²) >= 11 is 1.38. The minimum absolute atomic E-state index is 0.310. The summed E-state index contributed by atoms with van der Waals surface area (Å²) in [7, 11) is 1.48. The highest BCUT2D eigenvalue weighted by atomic mass is 32.2. The van der Waals surface area contributed by atoms with Crippen molar-refractivity contribution < 1.29 is 4.79 Å². The molecule has 2 N–H and O–H groups in total. The average Bonchev–Trinajstić information content (AvgIpc) is 2.16. The minimum Gasteiger partial charge on any atom is -0.278 e. The lowest BCUT2D eigenvalue weighted by Gasteiger charge is -2.08. The first kappa shape index (κ1) is 9.94. The lowest BCUT2D eigenvalue weighted by molar-refractivity contribution is 0.0788. The van der Waals surface area contributed by atoms with Crippen molar-refractivity contribution in [1.29, 1.82) is 0 Å². The highest BCUT2D eigenvalue weighted by Crippen LogP contribution is 2.07. The summed E-state index contributed by atoms with van der Waals surface area (Å²) in [5, 5.41) is 1.56. The SMILES string of the molecule is CSc1nccc(C(=O)N(C)N)n1. The summed E-state index contributed by atoms with van der Waals surface area (Å²) in [6.45, 7) is 0. The number of carbonyl (C=O) groups is 1. The van der Waals surface area contributed by atoms with Crippen LogP contribution in [0.25, 0.3) is 0 Å². The van der Waals surface area contributed by atoms with Crippen LogP contribution >= 0.6 is 11.8 Å². The largest absolute Gasteiger partial charge is 0.286 e. The van der Waals surface area contributed by atoms with Gasteiger partial charge < -0.3 is 0 Å². The molecule has 1 amide bonds. The quantitative estimate of drug-likeness (QED) is 0.241. The zero-order valence-corrected chi connectivity index (χ0v) is 8.21. The summed E-state index contributed by atoms with van der Waals surface area (Å²) in [4.78, 5) is 19.2. The number of aromatic nitrogens is 2. The molecule has 0 atom stereocenters. The van der Waals surface area contributed by atoms with E-state index in [0.717, 1.165) is 5.01 Å². The Morgan fingerprint density at radius 3 is 2.92 bits per heavy atom. The number of nitrogens with zero attached hydrogens (tertiary/aromatic N) is 3. The van der Waals surface area contributed by atoms with Gasteiger partial charge in [0.1, 0.15) is 5.69 Å². The Bertz CT molecular complexity index is 315. The van der Waals surface area contributed by atoms with Gasteiger partial charge in [-0.3, -0.25) is 9.80 Å². The molecule has 0 aliphatic heterocycles. The zero-order valence-electron chi connectivity index (χ0n) is 7.39. The normalized spacial score (nSPS) is 9.77. The van der Waals surface area contributed by atoms with Crippen LogP contribution in [0.1, 0.15) is 10.5 Å². The number of hydrogen-bond acceptors (Lipinski definition) is 5. The van der Waals surface area contributed by atoms with E-state index in [9.17, 15) is 4.79 Å². The molecule has 1 rings (SSSR count). The molecule has 6 heteroatoms. The molecule has 0 radical (unpaired) electrons. The second kappa shape index (κ2) is 4.20. The summed E-state index contributed by atoms with van der Waals surface area (Å²) in [5.74, 6) is 4.95. The Kier molecular flexibility index (Phi) is 3.21. The van der Waals surface area contributed by atoms with Crippen molar-refractivity contribution in [2.45, 2.75) is 5.16 Å². The van der Waals surface area contributed by atoms with Crippen molar-refractivity contribution in [2.75, 3.05) is 13.3 Å². The number of hydrogen-bond donors (Lipinski definition) is 1. The molecule has 0 aromatic carbocycles. The molecule has 0 aliphatic carbocycles. The Labute approximate surface area is 80.3 Å². The van der Waals surface area contributed by atoms with Gasteiger partial charge in [0, 0.05) is 13.2 Å². The molecule has 1 aromatic rings. The molecule has 0 unspecified atom stereocenters. The van der Waals surface area contributed by atoms with Crippen LogP contribution in [0.2, 0.25) is 0 Å². The topological polar surface area (TPSA) is 72.1 Å². The smallest absolute Gasteiger partial charge is 0.278 e. The molecule has 0 aliphatic rings. The number of hydrazine groups is 1. The zero-order chi connectivity index (χ0) is 9.84. The van der Waals surface area contributed by atoms with E-state index in [1.165, 1.54) is 31.1 Å². The van der Waals surface area contributed by atoms with Gasteiger partial charge in [-0.05, 0) is 12.3 Å². The molecule has 0 bridgehead atoms. The number of carbonyl (C=O) groups excluding carboxylic acids is 1. The third-order valence-electron chi connectivity index (χ3n) is 1.36. The predicted molar refractivity (Wildman–Crippen MR) is 50.1 cm³/mol. The molecular formula is C7H10N4OS.